The predicted octanol–water partition coefficient (Wildman–Crippen LogP) is 6.15. The minimum Gasteiger partial charge on any atom is -0.508 e. The summed E-state index contributed by atoms with van der Waals surface area (Å²) in [6.45, 7) is 0.0828. The molecule has 0 aliphatic carbocycles. The fourth-order valence-corrected chi connectivity index (χ4v) is 3.81. The van der Waals surface area contributed by atoms with Crippen LogP contribution in [0.4, 0.5) is 13.2 Å². The lowest BCUT2D eigenvalue weighted by Crippen LogP contribution is -2.12. The quantitative estimate of drug-likeness (QED) is 0.405. The van der Waals surface area contributed by atoms with Gasteiger partial charge < -0.3 is 14.8 Å². The molecule has 0 radical (unpaired) electrons. The molecule has 0 amide bonds. The number of aromatic hydroxyl groups is 2. The lowest BCUT2D eigenvalue weighted by Gasteiger charge is -2.22. The van der Waals surface area contributed by atoms with Crippen molar-refractivity contribution in [2.24, 2.45) is 0 Å². The van der Waals surface area contributed by atoms with Crippen molar-refractivity contribution in [3.63, 3.8) is 0 Å². The molecule has 0 saturated heterocycles. The van der Waals surface area contributed by atoms with Crippen LogP contribution < -0.4 is 0 Å². The summed E-state index contributed by atoms with van der Waals surface area (Å²) < 4.78 is 41.4. The molecule has 0 bridgehead atoms. The van der Waals surface area contributed by atoms with Gasteiger partial charge >= 0.3 is 6.18 Å². The van der Waals surface area contributed by atoms with Gasteiger partial charge in [-0.2, -0.15) is 13.2 Å². The van der Waals surface area contributed by atoms with E-state index < -0.39 is 17.5 Å². The molecule has 0 spiro atoms. The van der Waals surface area contributed by atoms with Crippen LogP contribution in [-0.2, 0) is 12.7 Å². The molecule has 0 fully saturated rings. The van der Waals surface area contributed by atoms with E-state index >= 15 is 0 Å². The standard InChI is InChI=1S/C25H20F3NO2/c26-25(27,28)21-9-4-8-19(24(21)31)16-29-15-5-10-22(29)23(17-6-2-1-3-7-17)18-11-13-20(30)14-12-18/h1-15,23,30-31H,16H2/t23-/m0/s1. The fourth-order valence-electron chi connectivity index (χ4n) is 3.81. The summed E-state index contributed by atoms with van der Waals surface area (Å²) in [7, 11) is 0. The summed E-state index contributed by atoms with van der Waals surface area (Å²) in [5.74, 6) is -0.805. The molecule has 0 aliphatic rings. The molecule has 0 unspecified atom stereocenters. The maximum Gasteiger partial charge on any atom is 0.419 e. The van der Waals surface area contributed by atoms with Crippen LogP contribution in [0.1, 0.15) is 33.9 Å². The molecule has 1 heterocycles. The van der Waals surface area contributed by atoms with Crippen molar-refractivity contribution in [1.29, 1.82) is 0 Å². The molecule has 1 atom stereocenters. The van der Waals surface area contributed by atoms with Crippen LogP contribution in [0.25, 0.3) is 0 Å². The molecule has 31 heavy (non-hydrogen) atoms. The summed E-state index contributed by atoms with van der Waals surface area (Å²) in [6.07, 6.45) is -2.84. The van der Waals surface area contributed by atoms with Crippen LogP contribution in [0.5, 0.6) is 11.5 Å². The van der Waals surface area contributed by atoms with Crippen molar-refractivity contribution in [1.82, 2.24) is 4.57 Å². The maximum absolute atomic E-state index is 13.2. The smallest absolute Gasteiger partial charge is 0.419 e. The van der Waals surface area contributed by atoms with Crippen LogP contribution in [0.3, 0.4) is 0 Å². The monoisotopic (exact) mass is 423 g/mol. The molecule has 2 N–H and O–H groups in total. The third-order valence-electron chi connectivity index (χ3n) is 5.29. The number of nitrogens with zero attached hydrogens (tertiary/aromatic N) is 1. The van der Waals surface area contributed by atoms with Crippen molar-refractivity contribution in [2.45, 2.75) is 18.6 Å². The number of hydrogen-bond acceptors (Lipinski definition) is 2. The van der Waals surface area contributed by atoms with Gasteiger partial charge in [0, 0.05) is 23.4 Å². The van der Waals surface area contributed by atoms with Crippen LogP contribution in [-0.4, -0.2) is 14.8 Å². The molecule has 1 aromatic heterocycles. The number of aromatic nitrogens is 1. The topological polar surface area (TPSA) is 45.4 Å². The highest BCUT2D eigenvalue weighted by atomic mass is 19.4. The molecule has 6 heteroatoms. The second kappa shape index (κ2) is 8.22. The Hall–Kier alpha value is -3.67. The molecular weight excluding hydrogens is 403 g/mol. The van der Waals surface area contributed by atoms with Crippen LogP contribution in [0, 0.1) is 0 Å². The van der Waals surface area contributed by atoms with E-state index in [-0.39, 0.29) is 23.8 Å². The molecule has 0 aliphatic heterocycles. The van der Waals surface area contributed by atoms with E-state index in [9.17, 15) is 23.4 Å². The largest absolute Gasteiger partial charge is 0.508 e. The Bertz CT molecular complexity index is 1170. The van der Waals surface area contributed by atoms with E-state index in [4.69, 9.17) is 0 Å². The lowest BCUT2D eigenvalue weighted by molar-refractivity contribution is -0.138. The molecular formula is C25H20F3NO2. The zero-order valence-electron chi connectivity index (χ0n) is 16.4. The highest BCUT2D eigenvalue weighted by Gasteiger charge is 2.34. The number of para-hydroxylation sites is 1. The van der Waals surface area contributed by atoms with Crippen LogP contribution in [0.15, 0.2) is 91.1 Å². The van der Waals surface area contributed by atoms with Crippen molar-refractivity contribution >= 4 is 0 Å². The van der Waals surface area contributed by atoms with E-state index in [1.165, 1.54) is 12.1 Å². The van der Waals surface area contributed by atoms with Gasteiger partial charge in [-0.25, -0.2) is 0 Å². The first-order valence-electron chi connectivity index (χ1n) is 9.71. The highest BCUT2D eigenvalue weighted by Crippen LogP contribution is 2.38. The molecule has 0 saturated carbocycles. The predicted molar refractivity (Wildman–Crippen MR) is 112 cm³/mol. The van der Waals surface area contributed by atoms with E-state index in [1.54, 1.807) is 18.3 Å². The van der Waals surface area contributed by atoms with Crippen LogP contribution in [0.2, 0.25) is 0 Å². The first kappa shape index (κ1) is 20.6. The Morgan fingerprint density at radius 1 is 0.742 bits per heavy atom. The number of benzene rings is 3. The molecule has 3 aromatic carbocycles. The summed E-state index contributed by atoms with van der Waals surface area (Å²) in [6, 6.07) is 24.0. The van der Waals surface area contributed by atoms with Gasteiger partial charge in [0.2, 0.25) is 0 Å². The van der Waals surface area contributed by atoms with Gasteiger partial charge in [-0.3, -0.25) is 0 Å². The zero-order chi connectivity index (χ0) is 22.0. The van der Waals surface area contributed by atoms with Crippen molar-refractivity contribution in [2.75, 3.05) is 0 Å². The minimum atomic E-state index is -4.63. The van der Waals surface area contributed by atoms with Crippen molar-refractivity contribution in [3.8, 4) is 11.5 Å². The van der Waals surface area contributed by atoms with E-state index in [2.05, 4.69) is 0 Å². The van der Waals surface area contributed by atoms with Gasteiger partial charge in [-0.05, 0) is 41.5 Å². The zero-order valence-corrected chi connectivity index (χ0v) is 16.4. The third-order valence-corrected chi connectivity index (χ3v) is 5.29. The van der Waals surface area contributed by atoms with E-state index in [0.717, 1.165) is 22.9 Å². The van der Waals surface area contributed by atoms with Crippen LogP contribution >= 0.6 is 0 Å². The molecule has 3 nitrogen and oxygen atoms in total. The number of alkyl halides is 3. The Balaban J connectivity index is 1.78. The molecule has 4 rings (SSSR count). The Kier molecular flexibility index (Phi) is 5.46. The summed E-state index contributed by atoms with van der Waals surface area (Å²) in [5.41, 5.74) is 1.92. The van der Waals surface area contributed by atoms with Crippen molar-refractivity contribution < 1.29 is 23.4 Å². The van der Waals surface area contributed by atoms with Crippen molar-refractivity contribution in [3.05, 3.63) is 119 Å². The summed E-state index contributed by atoms with van der Waals surface area (Å²) in [5, 5.41) is 19.9. The van der Waals surface area contributed by atoms with Gasteiger partial charge in [0.1, 0.15) is 11.5 Å². The summed E-state index contributed by atoms with van der Waals surface area (Å²) in [4.78, 5) is 0. The fraction of sp³-hybridized carbons (Fsp3) is 0.120. The minimum absolute atomic E-state index is 0.0828. The number of phenolic OH excluding ortho intramolecular Hbond substituents is 2. The van der Waals surface area contributed by atoms with Gasteiger partial charge in [-0.15, -0.1) is 0 Å². The third kappa shape index (κ3) is 4.28. The normalized spacial score (nSPS) is 12.6. The lowest BCUT2D eigenvalue weighted by atomic mass is 9.88. The van der Waals surface area contributed by atoms with Gasteiger partial charge in [-0.1, -0.05) is 54.6 Å². The number of hydrogen-bond donors (Lipinski definition) is 2. The first-order chi connectivity index (χ1) is 14.8. The second-order valence-electron chi connectivity index (χ2n) is 7.31. The number of rotatable bonds is 5. The Labute approximate surface area is 177 Å². The Morgan fingerprint density at radius 2 is 1.42 bits per heavy atom. The second-order valence-corrected chi connectivity index (χ2v) is 7.31. The van der Waals surface area contributed by atoms with Gasteiger partial charge in [0.25, 0.3) is 0 Å². The Morgan fingerprint density at radius 3 is 2.10 bits per heavy atom. The number of phenols is 2. The SMILES string of the molecule is Oc1ccc([C@H](c2ccccc2)c2cccn2Cc2cccc(C(F)(F)F)c2O)cc1. The molecule has 158 valence electrons. The average Bonchev–Trinajstić information content (AvgIpc) is 3.19. The van der Waals surface area contributed by atoms with Gasteiger partial charge in [0.15, 0.2) is 0 Å². The summed E-state index contributed by atoms with van der Waals surface area (Å²) >= 11 is 0. The maximum atomic E-state index is 13.2. The first-order valence-corrected chi connectivity index (χ1v) is 9.71. The van der Waals surface area contributed by atoms with E-state index in [0.29, 0.717) is 0 Å². The molecule has 4 aromatic rings. The highest BCUT2D eigenvalue weighted by molar-refractivity contribution is 5.45. The number of halogens is 3. The van der Waals surface area contributed by atoms with Gasteiger partial charge in [0.05, 0.1) is 12.1 Å². The average molecular weight is 423 g/mol. The van der Waals surface area contributed by atoms with E-state index in [1.807, 2.05) is 59.2 Å².